The number of hydrogen-bond acceptors (Lipinski definition) is 4. The summed E-state index contributed by atoms with van der Waals surface area (Å²) in [6.07, 6.45) is 5.40. The van der Waals surface area contributed by atoms with Gasteiger partial charge in [0.05, 0.1) is 17.9 Å². The highest BCUT2D eigenvalue weighted by molar-refractivity contribution is 5.07. The van der Waals surface area contributed by atoms with E-state index in [1.807, 2.05) is 10.9 Å². The van der Waals surface area contributed by atoms with Gasteiger partial charge in [0, 0.05) is 6.54 Å². The minimum absolute atomic E-state index is 0.233. The molecule has 0 aliphatic heterocycles. The Morgan fingerprint density at radius 1 is 1.71 bits per heavy atom. The van der Waals surface area contributed by atoms with Gasteiger partial charge in [-0.05, 0) is 25.2 Å². The summed E-state index contributed by atoms with van der Waals surface area (Å²) in [6.45, 7) is 3.05. The summed E-state index contributed by atoms with van der Waals surface area (Å²) in [4.78, 5) is 0. The van der Waals surface area contributed by atoms with Gasteiger partial charge in [-0.25, -0.2) is 4.68 Å². The lowest BCUT2D eigenvalue weighted by atomic mass is 10.1. The normalized spacial score (nSPS) is 18.4. The van der Waals surface area contributed by atoms with Gasteiger partial charge in [0.15, 0.2) is 0 Å². The zero-order valence-corrected chi connectivity index (χ0v) is 8.48. The van der Waals surface area contributed by atoms with Crippen molar-refractivity contribution in [3.63, 3.8) is 0 Å². The molecular weight excluding hydrogens is 178 g/mol. The van der Waals surface area contributed by atoms with Crippen molar-refractivity contribution in [2.45, 2.75) is 38.8 Å². The van der Waals surface area contributed by atoms with Crippen LogP contribution in [0.5, 0.6) is 0 Å². The van der Waals surface area contributed by atoms with E-state index in [2.05, 4.69) is 22.7 Å². The van der Waals surface area contributed by atoms with Crippen LogP contribution >= 0.6 is 0 Å². The van der Waals surface area contributed by atoms with E-state index < -0.39 is 0 Å². The van der Waals surface area contributed by atoms with Crippen molar-refractivity contribution in [3.05, 3.63) is 11.9 Å². The van der Waals surface area contributed by atoms with Gasteiger partial charge in [-0.1, -0.05) is 12.1 Å². The lowest BCUT2D eigenvalue weighted by Crippen LogP contribution is -2.31. The minimum Gasteiger partial charge on any atom is -0.271 e. The standard InChI is InChI=1S/C9H17N5/c1-2-5-14-8(6-11-13-14)9(12-10)7-3-4-7/h6-7,9,12H,2-5,10H2,1H3. The minimum atomic E-state index is 0.233. The average Bonchev–Trinajstić information content (AvgIpc) is 2.91. The van der Waals surface area contributed by atoms with Crippen molar-refractivity contribution in [2.24, 2.45) is 11.8 Å². The number of aromatic nitrogens is 3. The van der Waals surface area contributed by atoms with E-state index in [1.165, 1.54) is 12.8 Å². The lowest BCUT2D eigenvalue weighted by Gasteiger charge is -2.15. The first-order valence-corrected chi connectivity index (χ1v) is 5.21. The molecule has 14 heavy (non-hydrogen) atoms. The second kappa shape index (κ2) is 4.06. The van der Waals surface area contributed by atoms with Gasteiger partial charge in [-0.2, -0.15) is 0 Å². The summed E-state index contributed by atoms with van der Waals surface area (Å²) in [5.41, 5.74) is 3.99. The number of nitrogens with two attached hydrogens (primary N) is 1. The number of nitrogens with zero attached hydrogens (tertiary/aromatic N) is 3. The second-order valence-electron chi connectivity index (χ2n) is 3.86. The van der Waals surface area contributed by atoms with Crippen LogP contribution < -0.4 is 11.3 Å². The Balaban J connectivity index is 2.15. The first-order chi connectivity index (χ1) is 6.86. The van der Waals surface area contributed by atoms with Crippen LogP contribution in [0.4, 0.5) is 0 Å². The molecule has 1 unspecified atom stereocenters. The van der Waals surface area contributed by atoms with E-state index in [0.29, 0.717) is 5.92 Å². The number of hydrazine groups is 1. The molecule has 1 fully saturated rings. The van der Waals surface area contributed by atoms with E-state index in [4.69, 9.17) is 5.84 Å². The summed E-state index contributed by atoms with van der Waals surface area (Å²) in [7, 11) is 0. The van der Waals surface area contributed by atoms with Crippen LogP contribution in [0.25, 0.3) is 0 Å². The third-order valence-corrected chi connectivity index (χ3v) is 2.67. The average molecular weight is 195 g/mol. The van der Waals surface area contributed by atoms with Crippen LogP contribution in [-0.4, -0.2) is 15.0 Å². The van der Waals surface area contributed by atoms with E-state index in [1.54, 1.807) is 0 Å². The molecule has 1 saturated carbocycles. The summed E-state index contributed by atoms with van der Waals surface area (Å²) in [5, 5.41) is 7.99. The van der Waals surface area contributed by atoms with Gasteiger partial charge in [-0.15, -0.1) is 5.10 Å². The molecule has 1 aliphatic carbocycles. The zero-order chi connectivity index (χ0) is 9.97. The topological polar surface area (TPSA) is 68.8 Å². The predicted octanol–water partition coefficient (Wildman–Crippen LogP) is 0.602. The molecule has 0 bridgehead atoms. The fourth-order valence-corrected chi connectivity index (χ4v) is 1.78. The molecule has 78 valence electrons. The third-order valence-electron chi connectivity index (χ3n) is 2.67. The van der Waals surface area contributed by atoms with Gasteiger partial charge in [-0.3, -0.25) is 11.3 Å². The molecule has 0 spiro atoms. The van der Waals surface area contributed by atoms with Crippen LogP contribution in [0.1, 0.15) is 37.9 Å². The van der Waals surface area contributed by atoms with Crippen LogP contribution in [0, 0.1) is 5.92 Å². The monoisotopic (exact) mass is 195 g/mol. The van der Waals surface area contributed by atoms with E-state index >= 15 is 0 Å². The summed E-state index contributed by atoms with van der Waals surface area (Å²) in [5.74, 6) is 6.23. The van der Waals surface area contributed by atoms with Gasteiger partial charge in [0.25, 0.3) is 0 Å². The zero-order valence-electron chi connectivity index (χ0n) is 8.48. The Bertz CT molecular complexity index is 291. The maximum absolute atomic E-state index is 5.55. The molecule has 0 aromatic carbocycles. The SMILES string of the molecule is CCCn1nncc1C(NN)C1CC1. The molecule has 0 saturated heterocycles. The highest BCUT2D eigenvalue weighted by Crippen LogP contribution is 2.40. The van der Waals surface area contributed by atoms with Crippen molar-refractivity contribution in [2.75, 3.05) is 0 Å². The molecule has 1 aliphatic rings. The Kier molecular flexibility index (Phi) is 2.79. The molecule has 1 atom stereocenters. The third kappa shape index (κ3) is 1.78. The summed E-state index contributed by atoms with van der Waals surface area (Å²) >= 11 is 0. The predicted molar refractivity (Wildman–Crippen MR) is 53.1 cm³/mol. The van der Waals surface area contributed by atoms with Crippen LogP contribution in [0.15, 0.2) is 6.20 Å². The van der Waals surface area contributed by atoms with Gasteiger partial charge in [0.2, 0.25) is 0 Å². The van der Waals surface area contributed by atoms with Crippen molar-refractivity contribution in [3.8, 4) is 0 Å². The van der Waals surface area contributed by atoms with E-state index in [9.17, 15) is 0 Å². The molecule has 1 heterocycles. The van der Waals surface area contributed by atoms with Gasteiger partial charge < -0.3 is 0 Å². The number of aryl methyl sites for hydroxylation is 1. The largest absolute Gasteiger partial charge is 0.271 e. The number of hydrogen-bond donors (Lipinski definition) is 2. The van der Waals surface area contributed by atoms with E-state index in [-0.39, 0.29) is 6.04 Å². The molecule has 5 heteroatoms. The lowest BCUT2D eigenvalue weighted by molar-refractivity contribution is 0.440. The quantitative estimate of drug-likeness (QED) is 0.533. The van der Waals surface area contributed by atoms with Crippen molar-refractivity contribution < 1.29 is 0 Å². The van der Waals surface area contributed by atoms with Crippen LogP contribution in [0.2, 0.25) is 0 Å². The Labute approximate surface area is 83.6 Å². The van der Waals surface area contributed by atoms with Crippen molar-refractivity contribution >= 4 is 0 Å². The molecule has 5 nitrogen and oxygen atoms in total. The summed E-state index contributed by atoms with van der Waals surface area (Å²) in [6, 6.07) is 0.233. The Morgan fingerprint density at radius 3 is 3.07 bits per heavy atom. The number of rotatable bonds is 5. The first kappa shape index (κ1) is 9.61. The van der Waals surface area contributed by atoms with Crippen molar-refractivity contribution in [1.82, 2.24) is 20.4 Å². The molecule has 1 aromatic heterocycles. The highest BCUT2D eigenvalue weighted by atomic mass is 15.4. The fourth-order valence-electron chi connectivity index (χ4n) is 1.78. The Morgan fingerprint density at radius 2 is 2.50 bits per heavy atom. The van der Waals surface area contributed by atoms with Crippen LogP contribution in [-0.2, 0) is 6.54 Å². The second-order valence-corrected chi connectivity index (χ2v) is 3.86. The van der Waals surface area contributed by atoms with Gasteiger partial charge in [0.1, 0.15) is 0 Å². The molecule has 0 amide bonds. The fraction of sp³-hybridized carbons (Fsp3) is 0.778. The highest BCUT2D eigenvalue weighted by Gasteiger charge is 2.33. The molecule has 1 aromatic rings. The Hall–Kier alpha value is -0.940. The molecule has 2 rings (SSSR count). The first-order valence-electron chi connectivity index (χ1n) is 5.21. The van der Waals surface area contributed by atoms with E-state index in [0.717, 1.165) is 18.7 Å². The molecular formula is C9H17N5. The summed E-state index contributed by atoms with van der Waals surface area (Å²) < 4.78 is 1.95. The maximum atomic E-state index is 5.55. The van der Waals surface area contributed by atoms with Crippen molar-refractivity contribution in [1.29, 1.82) is 0 Å². The smallest absolute Gasteiger partial charge is 0.0772 e. The molecule has 3 N–H and O–H groups in total. The number of nitrogens with one attached hydrogen (secondary N) is 1. The molecule has 0 radical (unpaired) electrons. The maximum Gasteiger partial charge on any atom is 0.0772 e. The van der Waals surface area contributed by atoms with Gasteiger partial charge >= 0.3 is 0 Å². The van der Waals surface area contributed by atoms with Crippen LogP contribution in [0.3, 0.4) is 0 Å².